The molecule has 3 heteroatoms. The molecule has 0 bridgehead atoms. The Bertz CT molecular complexity index is 314. The van der Waals surface area contributed by atoms with Crippen molar-refractivity contribution in [2.24, 2.45) is 5.73 Å². The van der Waals surface area contributed by atoms with Crippen LogP contribution in [0.3, 0.4) is 0 Å². The summed E-state index contributed by atoms with van der Waals surface area (Å²) in [6.45, 7) is 0. The second-order valence-electron chi connectivity index (χ2n) is 3.95. The largest absolute Gasteiger partial charge is 0.327 e. The van der Waals surface area contributed by atoms with E-state index in [-0.39, 0.29) is 17.8 Å². The monoisotopic (exact) mass is 194 g/mol. The van der Waals surface area contributed by atoms with Gasteiger partial charge in [-0.3, -0.25) is 4.98 Å². The predicted octanol–water partition coefficient (Wildman–Crippen LogP) is 2.21. The molecule has 2 unspecified atom stereocenters. The minimum Gasteiger partial charge on any atom is -0.327 e. The molecule has 0 aromatic carbocycles. The summed E-state index contributed by atoms with van der Waals surface area (Å²) in [5.74, 6) is -0.0263. The first-order valence-corrected chi connectivity index (χ1v) is 5.14. The van der Waals surface area contributed by atoms with Crippen molar-refractivity contribution in [3.8, 4) is 0 Å². The topological polar surface area (TPSA) is 38.9 Å². The van der Waals surface area contributed by atoms with E-state index in [1.54, 1.807) is 12.3 Å². The summed E-state index contributed by atoms with van der Waals surface area (Å²) in [5.41, 5.74) is 6.74. The fourth-order valence-electron chi connectivity index (χ4n) is 2.23. The zero-order chi connectivity index (χ0) is 9.97. The molecular weight excluding hydrogens is 179 g/mol. The highest BCUT2D eigenvalue weighted by Gasteiger charge is 2.25. The van der Waals surface area contributed by atoms with Crippen LogP contribution in [0, 0.1) is 5.82 Å². The molecule has 2 nitrogen and oxygen atoms in total. The molecule has 1 aromatic heterocycles. The lowest BCUT2D eigenvalue weighted by Crippen LogP contribution is -2.31. The van der Waals surface area contributed by atoms with Gasteiger partial charge in [-0.2, -0.15) is 0 Å². The zero-order valence-corrected chi connectivity index (χ0v) is 8.12. The van der Waals surface area contributed by atoms with Crippen LogP contribution in [0.1, 0.15) is 37.2 Å². The Hall–Kier alpha value is -0.960. The van der Waals surface area contributed by atoms with Gasteiger partial charge < -0.3 is 5.73 Å². The van der Waals surface area contributed by atoms with Crippen molar-refractivity contribution in [2.75, 3.05) is 0 Å². The lowest BCUT2D eigenvalue weighted by atomic mass is 9.80. The molecule has 1 aliphatic carbocycles. The van der Waals surface area contributed by atoms with E-state index in [2.05, 4.69) is 4.98 Å². The third-order valence-corrected chi connectivity index (χ3v) is 3.02. The average Bonchev–Trinajstić information content (AvgIpc) is 2.20. The van der Waals surface area contributed by atoms with Crippen LogP contribution in [-0.4, -0.2) is 11.0 Å². The number of hydrogen-bond donors (Lipinski definition) is 1. The number of aromatic nitrogens is 1. The molecule has 1 aliphatic rings. The quantitative estimate of drug-likeness (QED) is 0.744. The van der Waals surface area contributed by atoms with Crippen molar-refractivity contribution in [1.82, 2.24) is 4.98 Å². The minimum absolute atomic E-state index is 0.112. The summed E-state index contributed by atoms with van der Waals surface area (Å²) in [4.78, 5) is 3.75. The van der Waals surface area contributed by atoms with Crippen LogP contribution in [0.25, 0.3) is 0 Å². The summed E-state index contributed by atoms with van der Waals surface area (Å²) >= 11 is 0. The van der Waals surface area contributed by atoms with Crippen LogP contribution >= 0.6 is 0 Å². The molecule has 2 rings (SSSR count). The van der Waals surface area contributed by atoms with Gasteiger partial charge in [-0.05, 0) is 24.5 Å². The first kappa shape index (κ1) is 9.59. The van der Waals surface area contributed by atoms with Crippen LogP contribution in [0.5, 0.6) is 0 Å². The second kappa shape index (κ2) is 4.05. The van der Waals surface area contributed by atoms with Gasteiger partial charge >= 0.3 is 0 Å². The van der Waals surface area contributed by atoms with Crippen molar-refractivity contribution in [2.45, 2.75) is 37.6 Å². The highest BCUT2D eigenvalue weighted by Crippen LogP contribution is 2.32. The minimum atomic E-state index is -0.213. The normalized spacial score (nSPS) is 27.6. The summed E-state index contributed by atoms with van der Waals surface area (Å²) in [7, 11) is 0. The molecule has 1 heterocycles. The highest BCUT2D eigenvalue weighted by atomic mass is 19.1. The number of hydrogen-bond acceptors (Lipinski definition) is 2. The number of pyridine rings is 1. The number of halogens is 1. The van der Waals surface area contributed by atoms with Crippen LogP contribution in [-0.2, 0) is 0 Å². The molecule has 1 aromatic rings. The number of rotatable bonds is 1. The van der Waals surface area contributed by atoms with Gasteiger partial charge in [-0.15, -0.1) is 0 Å². The van der Waals surface area contributed by atoms with Gasteiger partial charge in [0.05, 0.1) is 6.20 Å². The van der Waals surface area contributed by atoms with E-state index in [4.69, 9.17) is 5.73 Å². The van der Waals surface area contributed by atoms with E-state index in [9.17, 15) is 4.39 Å². The Morgan fingerprint density at radius 1 is 1.36 bits per heavy atom. The predicted molar refractivity (Wildman–Crippen MR) is 53.4 cm³/mol. The molecular formula is C11H15FN2. The van der Waals surface area contributed by atoms with Crippen LogP contribution in [0.2, 0.25) is 0 Å². The highest BCUT2D eigenvalue weighted by molar-refractivity contribution is 5.20. The molecule has 0 amide bonds. The third-order valence-electron chi connectivity index (χ3n) is 3.02. The molecule has 0 saturated heterocycles. The van der Waals surface area contributed by atoms with Gasteiger partial charge in [-0.1, -0.05) is 12.8 Å². The first-order valence-electron chi connectivity index (χ1n) is 5.14. The first-order chi connectivity index (χ1) is 6.79. The summed E-state index contributed by atoms with van der Waals surface area (Å²) < 4.78 is 13.4. The van der Waals surface area contributed by atoms with E-state index in [0.717, 1.165) is 24.8 Å². The van der Waals surface area contributed by atoms with Crippen LogP contribution in [0.4, 0.5) is 4.39 Å². The molecule has 76 valence electrons. The van der Waals surface area contributed by atoms with E-state index in [0.29, 0.717) is 0 Å². The Morgan fingerprint density at radius 2 is 2.14 bits per heavy atom. The smallest absolute Gasteiger partial charge is 0.145 e. The maximum atomic E-state index is 13.4. The summed E-state index contributed by atoms with van der Waals surface area (Å²) in [6.07, 6.45) is 7.25. The van der Waals surface area contributed by atoms with E-state index >= 15 is 0 Å². The van der Waals surface area contributed by atoms with Crippen molar-refractivity contribution in [3.63, 3.8) is 0 Å². The maximum absolute atomic E-state index is 13.4. The van der Waals surface area contributed by atoms with E-state index in [1.165, 1.54) is 12.6 Å². The Labute approximate surface area is 83.3 Å². The average molecular weight is 194 g/mol. The van der Waals surface area contributed by atoms with Gasteiger partial charge in [0.2, 0.25) is 0 Å². The molecule has 1 fully saturated rings. The number of nitrogens with zero attached hydrogens (tertiary/aromatic N) is 1. The SMILES string of the molecule is NC1CCCCC1c1ccncc1F. The fraction of sp³-hybridized carbons (Fsp3) is 0.545. The van der Waals surface area contributed by atoms with Gasteiger partial charge in [-0.25, -0.2) is 4.39 Å². The van der Waals surface area contributed by atoms with Crippen LogP contribution < -0.4 is 5.73 Å². The standard InChI is InChI=1S/C11H15FN2/c12-10-7-14-6-5-8(10)9-3-1-2-4-11(9)13/h5-7,9,11H,1-4,13H2. The molecule has 2 atom stereocenters. The van der Waals surface area contributed by atoms with Gasteiger partial charge in [0.25, 0.3) is 0 Å². The molecule has 1 saturated carbocycles. The van der Waals surface area contributed by atoms with Gasteiger partial charge in [0.15, 0.2) is 0 Å². The molecule has 2 N–H and O–H groups in total. The Balaban J connectivity index is 2.25. The summed E-state index contributed by atoms with van der Waals surface area (Å²) in [5, 5.41) is 0. The van der Waals surface area contributed by atoms with E-state index in [1.807, 2.05) is 0 Å². The fourth-order valence-corrected chi connectivity index (χ4v) is 2.23. The third kappa shape index (κ3) is 1.77. The van der Waals surface area contributed by atoms with Crippen molar-refractivity contribution >= 4 is 0 Å². The summed E-state index contributed by atoms with van der Waals surface area (Å²) in [6, 6.07) is 1.87. The maximum Gasteiger partial charge on any atom is 0.145 e. The Morgan fingerprint density at radius 3 is 2.86 bits per heavy atom. The van der Waals surface area contributed by atoms with Crippen molar-refractivity contribution in [3.05, 3.63) is 29.8 Å². The van der Waals surface area contributed by atoms with Gasteiger partial charge in [0.1, 0.15) is 5.82 Å². The van der Waals surface area contributed by atoms with Gasteiger partial charge in [0, 0.05) is 18.2 Å². The number of nitrogens with two attached hydrogens (primary N) is 1. The lowest BCUT2D eigenvalue weighted by Gasteiger charge is -2.28. The van der Waals surface area contributed by atoms with E-state index < -0.39 is 0 Å². The molecule has 14 heavy (non-hydrogen) atoms. The second-order valence-corrected chi connectivity index (χ2v) is 3.95. The molecule has 0 spiro atoms. The molecule has 0 radical (unpaired) electrons. The van der Waals surface area contributed by atoms with Crippen LogP contribution in [0.15, 0.2) is 18.5 Å². The van der Waals surface area contributed by atoms with Crippen molar-refractivity contribution < 1.29 is 4.39 Å². The lowest BCUT2D eigenvalue weighted by molar-refractivity contribution is 0.375. The zero-order valence-electron chi connectivity index (χ0n) is 8.12. The molecule has 0 aliphatic heterocycles. The van der Waals surface area contributed by atoms with Crippen molar-refractivity contribution in [1.29, 1.82) is 0 Å². The Kier molecular flexibility index (Phi) is 2.77.